The van der Waals surface area contributed by atoms with Crippen molar-refractivity contribution in [1.29, 1.82) is 0 Å². The van der Waals surface area contributed by atoms with Gasteiger partial charge >= 0.3 is 0 Å². The smallest absolute Gasteiger partial charge is 0.263 e. The van der Waals surface area contributed by atoms with Gasteiger partial charge in [0.1, 0.15) is 4.90 Å². The lowest BCUT2D eigenvalue weighted by molar-refractivity contribution is 0.601. The number of nitrogens with one attached hydrogen (secondary N) is 1. The number of rotatable bonds is 4. The van der Waals surface area contributed by atoms with Crippen LogP contribution in [0.5, 0.6) is 0 Å². The molecule has 0 aliphatic carbocycles. The van der Waals surface area contributed by atoms with Gasteiger partial charge in [-0.1, -0.05) is 23.2 Å². The Balaban J connectivity index is 2.44. The van der Waals surface area contributed by atoms with Crippen LogP contribution in [0.1, 0.15) is 11.1 Å². The Bertz CT molecular complexity index is 779. The normalized spacial score (nSPS) is 11.4. The molecule has 5 nitrogen and oxygen atoms in total. The Morgan fingerprint density at radius 1 is 1.19 bits per heavy atom. The largest absolute Gasteiger partial charge is 0.326 e. The molecule has 0 bridgehead atoms. The number of aryl methyl sites for hydroxylation is 1. The Morgan fingerprint density at radius 3 is 2.52 bits per heavy atom. The predicted octanol–water partition coefficient (Wildman–Crippen LogP) is 2.96. The number of hydrogen-bond acceptors (Lipinski definition) is 4. The molecule has 3 N–H and O–H groups in total. The van der Waals surface area contributed by atoms with Gasteiger partial charge in [-0.25, -0.2) is 8.42 Å². The highest BCUT2D eigenvalue weighted by molar-refractivity contribution is 7.92. The van der Waals surface area contributed by atoms with Gasteiger partial charge in [0.2, 0.25) is 0 Å². The molecule has 0 fully saturated rings. The van der Waals surface area contributed by atoms with E-state index in [2.05, 4.69) is 9.71 Å². The first-order chi connectivity index (χ1) is 9.83. The van der Waals surface area contributed by atoms with Crippen LogP contribution in [0.25, 0.3) is 0 Å². The van der Waals surface area contributed by atoms with Gasteiger partial charge in [0.05, 0.1) is 16.9 Å². The summed E-state index contributed by atoms with van der Waals surface area (Å²) in [6.45, 7) is 1.93. The third-order valence-corrected chi connectivity index (χ3v) is 4.94. The van der Waals surface area contributed by atoms with Crippen molar-refractivity contribution in [2.24, 2.45) is 5.73 Å². The van der Waals surface area contributed by atoms with Gasteiger partial charge in [-0.15, -0.1) is 0 Å². The minimum Gasteiger partial charge on any atom is -0.326 e. The number of aromatic nitrogens is 1. The molecule has 21 heavy (non-hydrogen) atoms. The summed E-state index contributed by atoms with van der Waals surface area (Å²) in [6.07, 6.45) is 3.04. The zero-order valence-corrected chi connectivity index (χ0v) is 13.4. The summed E-state index contributed by atoms with van der Waals surface area (Å²) in [7, 11) is -3.85. The van der Waals surface area contributed by atoms with E-state index in [-0.39, 0.29) is 16.5 Å². The minimum atomic E-state index is -3.85. The van der Waals surface area contributed by atoms with E-state index in [1.165, 1.54) is 18.3 Å². The zero-order valence-electron chi connectivity index (χ0n) is 11.1. The van der Waals surface area contributed by atoms with E-state index < -0.39 is 10.0 Å². The average molecular weight is 346 g/mol. The van der Waals surface area contributed by atoms with Crippen LogP contribution in [0.3, 0.4) is 0 Å². The summed E-state index contributed by atoms with van der Waals surface area (Å²) < 4.78 is 27.2. The molecule has 0 spiro atoms. The Hall–Kier alpha value is -1.34. The molecule has 0 unspecified atom stereocenters. The van der Waals surface area contributed by atoms with Crippen LogP contribution >= 0.6 is 23.2 Å². The molecule has 0 aliphatic heterocycles. The molecule has 0 atom stereocenters. The predicted molar refractivity (Wildman–Crippen MR) is 84.1 cm³/mol. The Kier molecular flexibility index (Phi) is 4.73. The van der Waals surface area contributed by atoms with Crippen LogP contribution in [0.4, 0.5) is 5.69 Å². The molecule has 1 aromatic heterocycles. The van der Waals surface area contributed by atoms with E-state index in [1.807, 2.05) is 6.92 Å². The number of benzene rings is 1. The molecule has 8 heteroatoms. The SMILES string of the molecule is Cc1cncc(NS(=O)(=O)c2cc(CN)c(Cl)cc2Cl)c1. The fourth-order valence-corrected chi connectivity index (χ4v) is 3.66. The number of pyridine rings is 1. The molecule has 0 amide bonds. The van der Waals surface area contributed by atoms with E-state index in [9.17, 15) is 8.42 Å². The fraction of sp³-hybridized carbons (Fsp3) is 0.154. The maximum absolute atomic E-state index is 12.4. The van der Waals surface area contributed by atoms with E-state index in [0.29, 0.717) is 16.3 Å². The molecule has 0 saturated heterocycles. The topological polar surface area (TPSA) is 85.1 Å². The maximum Gasteiger partial charge on any atom is 0.263 e. The van der Waals surface area contributed by atoms with Crippen LogP contribution in [0, 0.1) is 6.92 Å². The van der Waals surface area contributed by atoms with E-state index in [0.717, 1.165) is 5.56 Å². The number of hydrogen-bond donors (Lipinski definition) is 2. The van der Waals surface area contributed by atoms with Crippen LogP contribution in [0.2, 0.25) is 10.0 Å². The summed E-state index contributed by atoms with van der Waals surface area (Å²) in [4.78, 5) is 3.86. The maximum atomic E-state index is 12.4. The Labute approximate surface area is 133 Å². The summed E-state index contributed by atoms with van der Waals surface area (Å²) in [6, 6.07) is 4.41. The molecular weight excluding hydrogens is 333 g/mol. The van der Waals surface area contributed by atoms with Gasteiger partial charge in [0, 0.05) is 17.8 Å². The molecule has 0 aliphatic rings. The highest BCUT2D eigenvalue weighted by Gasteiger charge is 2.20. The third kappa shape index (κ3) is 3.65. The molecule has 0 saturated carbocycles. The number of nitrogens with two attached hydrogens (primary N) is 1. The van der Waals surface area contributed by atoms with Gasteiger partial charge in [0.15, 0.2) is 0 Å². The van der Waals surface area contributed by atoms with Crippen molar-refractivity contribution in [2.75, 3.05) is 4.72 Å². The molecule has 2 aromatic rings. The number of anilines is 1. The second-order valence-corrected chi connectivity index (χ2v) is 6.90. The van der Waals surface area contributed by atoms with E-state index >= 15 is 0 Å². The Morgan fingerprint density at radius 2 is 1.90 bits per heavy atom. The van der Waals surface area contributed by atoms with Crippen LogP contribution in [-0.2, 0) is 16.6 Å². The van der Waals surface area contributed by atoms with Crippen molar-refractivity contribution in [3.8, 4) is 0 Å². The summed E-state index contributed by atoms with van der Waals surface area (Å²) >= 11 is 11.9. The molecule has 2 rings (SSSR count). The first-order valence-electron chi connectivity index (χ1n) is 5.96. The lowest BCUT2D eigenvalue weighted by atomic mass is 10.2. The number of sulfonamides is 1. The average Bonchev–Trinajstić information content (AvgIpc) is 2.37. The molecule has 1 aromatic carbocycles. The van der Waals surface area contributed by atoms with Crippen molar-refractivity contribution in [3.05, 3.63) is 51.8 Å². The van der Waals surface area contributed by atoms with Crippen molar-refractivity contribution in [2.45, 2.75) is 18.4 Å². The van der Waals surface area contributed by atoms with Crippen molar-refractivity contribution >= 4 is 38.9 Å². The van der Waals surface area contributed by atoms with Crippen molar-refractivity contribution in [3.63, 3.8) is 0 Å². The number of halogens is 2. The third-order valence-electron chi connectivity index (χ3n) is 2.74. The monoisotopic (exact) mass is 345 g/mol. The van der Waals surface area contributed by atoms with Crippen LogP contribution in [0.15, 0.2) is 35.5 Å². The van der Waals surface area contributed by atoms with Crippen molar-refractivity contribution in [1.82, 2.24) is 4.98 Å². The minimum absolute atomic E-state index is 0.0327. The summed E-state index contributed by atoms with van der Waals surface area (Å²) in [5.41, 5.74) is 7.23. The van der Waals surface area contributed by atoms with Gasteiger partial charge in [-0.05, 0) is 36.2 Å². The fourth-order valence-electron chi connectivity index (χ4n) is 1.75. The molecule has 0 radical (unpaired) electrons. The first kappa shape index (κ1) is 16.0. The zero-order chi connectivity index (χ0) is 15.6. The second kappa shape index (κ2) is 6.19. The standard InChI is InChI=1S/C13H13Cl2N3O2S/c1-8-2-10(7-17-6-8)18-21(19,20)13-3-9(5-16)11(14)4-12(13)15/h2-4,6-7,18H,5,16H2,1H3. The lowest BCUT2D eigenvalue weighted by Crippen LogP contribution is -2.14. The van der Waals surface area contributed by atoms with Gasteiger partial charge in [-0.2, -0.15) is 0 Å². The quantitative estimate of drug-likeness (QED) is 0.891. The summed E-state index contributed by atoms with van der Waals surface area (Å²) in [5, 5.41) is 0.365. The van der Waals surface area contributed by atoms with Gasteiger partial charge in [0.25, 0.3) is 10.0 Å². The highest BCUT2D eigenvalue weighted by atomic mass is 35.5. The summed E-state index contributed by atoms with van der Waals surface area (Å²) in [5.74, 6) is 0. The second-order valence-electron chi connectivity index (χ2n) is 4.43. The first-order valence-corrected chi connectivity index (χ1v) is 8.20. The molecule has 112 valence electrons. The highest BCUT2D eigenvalue weighted by Crippen LogP contribution is 2.29. The van der Waals surface area contributed by atoms with E-state index in [1.54, 1.807) is 12.3 Å². The molecule has 1 heterocycles. The van der Waals surface area contributed by atoms with Gasteiger partial charge < -0.3 is 5.73 Å². The van der Waals surface area contributed by atoms with Gasteiger partial charge in [-0.3, -0.25) is 9.71 Å². The van der Waals surface area contributed by atoms with E-state index in [4.69, 9.17) is 28.9 Å². The lowest BCUT2D eigenvalue weighted by Gasteiger charge is -2.12. The van der Waals surface area contributed by atoms with Crippen LogP contribution in [-0.4, -0.2) is 13.4 Å². The van der Waals surface area contributed by atoms with Crippen LogP contribution < -0.4 is 10.5 Å². The molecular formula is C13H13Cl2N3O2S. The van der Waals surface area contributed by atoms with Crippen molar-refractivity contribution < 1.29 is 8.42 Å². The number of nitrogens with zero attached hydrogens (tertiary/aromatic N) is 1.